The van der Waals surface area contributed by atoms with E-state index in [2.05, 4.69) is 25.8 Å². The number of urea groups is 1. The summed E-state index contributed by atoms with van der Waals surface area (Å²) in [5, 5.41) is 14.1. The van der Waals surface area contributed by atoms with Crippen molar-refractivity contribution in [1.82, 2.24) is 24.5 Å². The lowest BCUT2D eigenvalue weighted by molar-refractivity contribution is 0.262. The summed E-state index contributed by atoms with van der Waals surface area (Å²) in [7, 11) is 0. The summed E-state index contributed by atoms with van der Waals surface area (Å²) in [5.74, 6) is 0. The zero-order valence-electron chi connectivity index (χ0n) is 13.7. The number of carbonyl (C=O) groups is 1. The van der Waals surface area contributed by atoms with E-state index in [1.807, 2.05) is 29.2 Å². The summed E-state index contributed by atoms with van der Waals surface area (Å²) < 4.78 is 3.70. The van der Waals surface area contributed by atoms with E-state index >= 15 is 0 Å². The van der Waals surface area contributed by atoms with Crippen molar-refractivity contribution in [2.75, 3.05) is 10.6 Å². The molecule has 0 radical (unpaired) electrons. The van der Waals surface area contributed by atoms with Gasteiger partial charge in [-0.25, -0.2) is 4.79 Å². The van der Waals surface area contributed by atoms with E-state index in [-0.39, 0.29) is 6.03 Å². The minimum Gasteiger partial charge on any atom is -0.308 e. The standard InChI is InChI=1S/C17H19N7O/c25-17(22-15-10-20-24(12-15)16-3-1-4-16)21-13-5-7-18-14(9-13)11-23-8-2-6-19-23/h2,5-10,12,16H,1,3-4,11H2,(H2,18,21,22,25). The van der Waals surface area contributed by atoms with Crippen molar-refractivity contribution in [3.05, 3.63) is 54.9 Å². The quantitative estimate of drug-likeness (QED) is 0.749. The molecule has 0 saturated heterocycles. The smallest absolute Gasteiger partial charge is 0.308 e. The number of anilines is 2. The van der Waals surface area contributed by atoms with Gasteiger partial charge in [0.05, 0.1) is 30.2 Å². The second kappa shape index (κ2) is 6.76. The molecule has 3 aromatic heterocycles. The first-order valence-electron chi connectivity index (χ1n) is 8.31. The fourth-order valence-corrected chi connectivity index (χ4v) is 2.75. The van der Waals surface area contributed by atoms with Crippen LogP contribution in [0.15, 0.2) is 49.2 Å². The molecule has 0 bridgehead atoms. The van der Waals surface area contributed by atoms with Crippen LogP contribution in [-0.4, -0.2) is 30.6 Å². The highest BCUT2D eigenvalue weighted by Gasteiger charge is 2.20. The maximum Gasteiger partial charge on any atom is 0.323 e. The molecule has 1 aliphatic carbocycles. The fraction of sp³-hybridized carbons (Fsp3) is 0.294. The molecule has 8 heteroatoms. The molecule has 0 aliphatic heterocycles. The minimum absolute atomic E-state index is 0.301. The number of hydrogen-bond acceptors (Lipinski definition) is 4. The van der Waals surface area contributed by atoms with Crippen molar-refractivity contribution in [2.45, 2.75) is 31.8 Å². The van der Waals surface area contributed by atoms with Crippen LogP contribution >= 0.6 is 0 Å². The lowest BCUT2D eigenvalue weighted by Gasteiger charge is -2.25. The molecule has 1 fully saturated rings. The van der Waals surface area contributed by atoms with E-state index in [1.165, 1.54) is 6.42 Å². The molecule has 8 nitrogen and oxygen atoms in total. The predicted octanol–water partition coefficient (Wildman–Crippen LogP) is 2.89. The largest absolute Gasteiger partial charge is 0.323 e. The van der Waals surface area contributed by atoms with Gasteiger partial charge in [-0.2, -0.15) is 10.2 Å². The van der Waals surface area contributed by atoms with Crippen molar-refractivity contribution in [3.63, 3.8) is 0 Å². The summed E-state index contributed by atoms with van der Waals surface area (Å²) in [6.07, 6.45) is 12.4. The average Bonchev–Trinajstić information content (AvgIpc) is 3.18. The van der Waals surface area contributed by atoms with Crippen molar-refractivity contribution >= 4 is 17.4 Å². The third-order valence-electron chi connectivity index (χ3n) is 4.27. The van der Waals surface area contributed by atoms with E-state index in [1.54, 1.807) is 29.3 Å². The van der Waals surface area contributed by atoms with Crippen molar-refractivity contribution in [2.24, 2.45) is 0 Å². The van der Waals surface area contributed by atoms with Crippen LogP contribution in [0.2, 0.25) is 0 Å². The molecule has 3 aromatic rings. The lowest BCUT2D eigenvalue weighted by atomic mass is 9.93. The highest BCUT2D eigenvalue weighted by molar-refractivity contribution is 5.99. The topological polar surface area (TPSA) is 89.7 Å². The van der Waals surface area contributed by atoms with E-state index in [4.69, 9.17) is 0 Å². The van der Waals surface area contributed by atoms with Crippen molar-refractivity contribution < 1.29 is 4.79 Å². The average molecular weight is 337 g/mol. The maximum absolute atomic E-state index is 12.2. The van der Waals surface area contributed by atoms with Gasteiger partial charge in [0.2, 0.25) is 0 Å². The Morgan fingerprint density at radius 3 is 2.84 bits per heavy atom. The van der Waals surface area contributed by atoms with E-state index in [9.17, 15) is 4.79 Å². The predicted molar refractivity (Wildman–Crippen MR) is 93.3 cm³/mol. The molecule has 25 heavy (non-hydrogen) atoms. The summed E-state index contributed by atoms with van der Waals surface area (Å²) in [4.78, 5) is 16.5. The third kappa shape index (κ3) is 3.68. The molecule has 4 rings (SSSR count). The van der Waals surface area contributed by atoms with Crippen LogP contribution in [0.25, 0.3) is 0 Å². The SMILES string of the molecule is O=C(Nc1ccnc(Cn2cccn2)c1)Nc1cnn(C2CCC2)c1. The van der Waals surface area contributed by atoms with E-state index < -0.39 is 0 Å². The monoisotopic (exact) mass is 337 g/mol. The van der Waals surface area contributed by atoms with Crippen LogP contribution in [-0.2, 0) is 6.54 Å². The van der Waals surface area contributed by atoms with Crippen LogP contribution in [0.1, 0.15) is 31.0 Å². The number of amides is 2. The van der Waals surface area contributed by atoms with Crippen LogP contribution < -0.4 is 10.6 Å². The number of rotatable bonds is 5. The molecule has 2 amide bonds. The summed E-state index contributed by atoms with van der Waals surface area (Å²) >= 11 is 0. The van der Waals surface area contributed by atoms with Crippen LogP contribution in [0.5, 0.6) is 0 Å². The Morgan fingerprint density at radius 1 is 1.20 bits per heavy atom. The molecule has 128 valence electrons. The molecular weight excluding hydrogens is 318 g/mol. The van der Waals surface area contributed by atoms with E-state index in [0.29, 0.717) is 24.0 Å². The zero-order chi connectivity index (χ0) is 17.1. The molecular formula is C17H19N7O. The molecule has 3 heterocycles. The van der Waals surface area contributed by atoms with Crippen molar-refractivity contribution in [1.29, 1.82) is 0 Å². The number of carbonyl (C=O) groups excluding carboxylic acids is 1. The number of nitrogens with one attached hydrogen (secondary N) is 2. The summed E-state index contributed by atoms with van der Waals surface area (Å²) in [6.45, 7) is 0.554. The van der Waals surface area contributed by atoms with Gasteiger partial charge in [-0.3, -0.25) is 14.3 Å². The van der Waals surface area contributed by atoms with E-state index in [0.717, 1.165) is 18.5 Å². The molecule has 0 aromatic carbocycles. The second-order valence-corrected chi connectivity index (χ2v) is 6.11. The zero-order valence-corrected chi connectivity index (χ0v) is 13.7. The number of nitrogens with zero attached hydrogens (tertiary/aromatic N) is 5. The number of pyridine rings is 1. The molecule has 0 unspecified atom stereocenters. The van der Waals surface area contributed by atoms with Crippen LogP contribution in [0.3, 0.4) is 0 Å². The minimum atomic E-state index is -0.301. The van der Waals surface area contributed by atoms with Crippen LogP contribution in [0.4, 0.5) is 16.2 Å². The van der Waals surface area contributed by atoms with Crippen LogP contribution in [0, 0.1) is 0 Å². The summed E-state index contributed by atoms with van der Waals surface area (Å²) in [5.41, 5.74) is 2.19. The molecule has 2 N–H and O–H groups in total. The fourth-order valence-electron chi connectivity index (χ4n) is 2.75. The Hall–Kier alpha value is -3.16. The normalized spacial score (nSPS) is 14.1. The van der Waals surface area contributed by atoms with Gasteiger partial charge in [-0.05, 0) is 37.5 Å². The second-order valence-electron chi connectivity index (χ2n) is 6.11. The van der Waals surface area contributed by atoms with Gasteiger partial charge in [-0.1, -0.05) is 0 Å². The van der Waals surface area contributed by atoms with Gasteiger partial charge in [-0.15, -0.1) is 0 Å². The van der Waals surface area contributed by atoms with Gasteiger partial charge in [0, 0.05) is 30.5 Å². The maximum atomic E-state index is 12.2. The molecule has 0 spiro atoms. The molecule has 1 saturated carbocycles. The Bertz CT molecular complexity index is 852. The Balaban J connectivity index is 1.36. The van der Waals surface area contributed by atoms with Gasteiger partial charge in [0.15, 0.2) is 0 Å². The number of aromatic nitrogens is 5. The lowest BCUT2D eigenvalue weighted by Crippen LogP contribution is -2.20. The number of hydrogen-bond donors (Lipinski definition) is 2. The Labute approximate surface area is 144 Å². The van der Waals surface area contributed by atoms with Gasteiger partial charge >= 0.3 is 6.03 Å². The van der Waals surface area contributed by atoms with Gasteiger partial charge in [0.25, 0.3) is 0 Å². The first-order valence-corrected chi connectivity index (χ1v) is 8.31. The Kier molecular flexibility index (Phi) is 4.16. The highest BCUT2D eigenvalue weighted by atomic mass is 16.2. The highest BCUT2D eigenvalue weighted by Crippen LogP contribution is 2.31. The van der Waals surface area contributed by atoms with Gasteiger partial charge in [0.1, 0.15) is 0 Å². The first-order chi connectivity index (χ1) is 12.3. The Morgan fingerprint density at radius 2 is 2.08 bits per heavy atom. The first kappa shape index (κ1) is 15.4. The van der Waals surface area contributed by atoms with Gasteiger partial charge < -0.3 is 10.6 Å². The molecule has 1 aliphatic rings. The third-order valence-corrected chi connectivity index (χ3v) is 4.27. The van der Waals surface area contributed by atoms with Crippen molar-refractivity contribution in [3.8, 4) is 0 Å². The summed E-state index contributed by atoms with van der Waals surface area (Å²) in [6, 6.07) is 5.62. The molecule has 0 atom stereocenters.